The van der Waals surface area contributed by atoms with Crippen molar-refractivity contribution < 1.29 is 49.0 Å². The first-order valence-corrected chi connectivity index (χ1v) is 25.4. The standard InChI is InChI=1S/C51H94O10/c1-3-5-7-9-11-13-15-17-19-20-21-22-23-24-26-28-30-32-34-36-38-40-47(54)60-44(43-59-51-50(57)49(56)48(55)45(41-52)61-51)42-58-46(53)39-37-35-33-31-29-27-25-18-16-14-12-10-8-6-4-2/h14,16-17,19,44-45,48-52,55-57H,3-13,15,18,20-43H2,1-2H3/b16-14+,19-17+/t44-,45-,48+,49?,50?,51-/m1/s1. The number of hydrogen-bond acceptors (Lipinski definition) is 10. The molecule has 10 heteroatoms. The van der Waals surface area contributed by atoms with E-state index in [4.69, 9.17) is 18.9 Å². The van der Waals surface area contributed by atoms with Crippen LogP contribution in [0.2, 0.25) is 0 Å². The molecule has 1 rings (SSSR count). The van der Waals surface area contributed by atoms with Gasteiger partial charge in [0, 0.05) is 12.8 Å². The molecule has 0 radical (unpaired) electrons. The highest BCUT2D eigenvalue weighted by Crippen LogP contribution is 2.23. The van der Waals surface area contributed by atoms with E-state index >= 15 is 0 Å². The van der Waals surface area contributed by atoms with Gasteiger partial charge in [-0.2, -0.15) is 0 Å². The third-order valence-electron chi connectivity index (χ3n) is 11.8. The lowest BCUT2D eigenvalue weighted by molar-refractivity contribution is -0.305. The summed E-state index contributed by atoms with van der Waals surface area (Å²) in [5.74, 6) is -0.803. The highest BCUT2D eigenvalue weighted by molar-refractivity contribution is 5.70. The zero-order valence-electron chi connectivity index (χ0n) is 39.2. The zero-order chi connectivity index (χ0) is 44.4. The number of carbonyl (C=O) groups is 2. The van der Waals surface area contributed by atoms with Crippen molar-refractivity contribution in [3.63, 3.8) is 0 Å². The van der Waals surface area contributed by atoms with Crippen molar-refractivity contribution in [1.82, 2.24) is 0 Å². The number of rotatable bonds is 43. The van der Waals surface area contributed by atoms with E-state index in [1.807, 2.05) is 0 Å². The van der Waals surface area contributed by atoms with E-state index in [2.05, 4.69) is 38.2 Å². The van der Waals surface area contributed by atoms with Gasteiger partial charge in [0.15, 0.2) is 12.4 Å². The van der Waals surface area contributed by atoms with E-state index in [0.29, 0.717) is 6.42 Å². The summed E-state index contributed by atoms with van der Waals surface area (Å²) in [6, 6.07) is 0. The largest absolute Gasteiger partial charge is 0.462 e. The van der Waals surface area contributed by atoms with Gasteiger partial charge < -0.3 is 39.4 Å². The maximum Gasteiger partial charge on any atom is 0.306 e. The van der Waals surface area contributed by atoms with Crippen LogP contribution in [0.3, 0.4) is 0 Å². The molecule has 1 aliphatic rings. The Kier molecular flexibility index (Phi) is 39.5. The van der Waals surface area contributed by atoms with Crippen molar-refractivity contribution in [3.8, 4) is 0 Å². The molecule has 0 aromatic carbocycles. The predicted octanol–water partition coefficient (Wildman–Crippen LogP) is 11.7. The van der Waals surface area contributed by atoms with Gasteiger partial charge in [-0.05, 0) is 64.2 Å². The Bertz CT molecular complexity index is 1050. The number of unbranched alkanes of at least 4 members (excludes halogenated alkanes) is 28. The summed E-state index contributed by atoms with van der Waals surface area (Å²) < 4.78 is 22.2. The van der Waals surface area contributed by atoms with Crippen LogP contribution >= 0.6 is 0 Å². The molecule has 1 saturated heterocycles. The van der Waals surface area contributed by atoms with Crippen molar-refractivity contribution >= 4 is 11.9 Å². The number of aliphatic hydroxyl groups excluding tert-OH is 4. The minimum Gasteiger partial charge on any atom is -0.462 e. The molecular formula is C51H94O10. The van der Waals surface area contributed by atoms with Crippen LogP contribution in [-0.2, 0) is 28.5 Å². The van der Waals surface area contributed by atoms with Crippen molar-refractivity contribution in [2.75, 3.05) is 19.8 Å². The van der Waals surface area contributed by atoms with E-state index in [9.17, 15) is 30.0 Å². The fraction of sp³-hybridized carbons (Fsp3) is 0.882. The average molecular weight is 867 g/mol. The SMILES string of the molecule is CCCCCC/C=C/CCCCCCCCCC(=O)OC[C@H](CO[C@@H]1O[C@H](CO)[C@H](O)C(O)C1O)OC(=O)CCCCCCCCCCCCC/C=C/CCCCCCCC. The lowest BCUT2D eigenvalue weighted by Crippen LogP contribution is -2.59. The first kappa shape index (κ1) is 57.2. The van der Waals surface area contributed by atoms with Crippen LogP contribution in [0, 0.1) is 0 Å². The van der Waals surface area contributed by atoms with Gasteiger partial charge in [-0.15, -0.1) is 0 Å². The topological polar surface area (TPSA) is 152 Å². The molecule has 4 N–H and O–H groups in total. The maximum atomic E-state index is 12.8. The second-order valence-electron chi connectivity index (χ2n) is 17.6. The number of ether oxygens (including phenoxy) is 4. The van der Waals surface area contributed by atoms with Crippen LogP contribution in [0.15, 0.2) is 24.3 Å². The summed E-state index contributed by atoms with van der Waals surface area (Å²) in [5.41, 5.74) is 0. The molecule has 0 aliphatic carbocycles. The van der Waals surface area contributed by atoms with E-state index in [0.717, 1.165) is 51.4 Å². The van der Waals surface area contributed by atoms with Crippen LogP contribution in [0.5, 0.6) is 0 Å². The molecule has 1 heterocycles. The van der Waals surface area contributed by atoms with Gasteiger partial charge >= 0.3 is 11.9 Å². The van der Waals surface area contributed by atoms with Crippen LogP contribution in [-0.4, -0.2) is 89.0 Å². The van der Waals surface area contributed by atoms with Crippen molar-refractivity contribution in [2.45, 2.75) is 269 Å². The quantitative estimate of drug-likeness (QED) is 0.0265. The number of hydrogen-bond donors (Lipinski definition) is 4. The highest BCUT2D eigenvalue weighted by atomic mass is 16.7. The van der Waals surface area contributed by atoms with Gasteiger partial charge in [-0.3, -0.25) is 9.59 Å². The second kappa shape index (κ2) is 42.1. The molecule has 10 nitrogen and oxygen atoms in total. The Hall–Kier alpha value is -1.82. The molecule has 61 heavy (non-hydrogen) atoms. The zero-order valence-corrected chi connectivity index (χ0v) is 39.2. The van der Waals surface area contributed by atoms with Crippen molar-refractivity contribution in [2.24, 2.45) is 0 Å². The Labute approximate surface area is 373 Å². The van der Waals surface area contributed by atoms with Gasteiger partial charge in [-0.25, -0.2) is 0 Å². The smallest absolute Gasteiger partial charge is 0.306 e. The average Bonchev–Trinajstić information content (AvgIpc) is 3.26. The molecule has 0 aromatic rings. The lowest BCUT2D eigenvalue weighted by atomic mass is 9.99. The number of aliphatic hydroxyl groups is 4. The Morgan fingerprint density at radius 3 is 1.30 bits per heavy atom. The predicted molar refractivity (Wildman–Crippen MR) is 247 cm³/mol. The summed E-state index contributed by atoms with van der Waals surface area (Å²) >= 11 is 0. The van der Waals surface area contributed by atoms with Gasteiger partial charge in [-0.1, -0.05) is 179 Å². The fourth-order valence-electron chi connectivity index (χ4n) is 7.77. The molecule has 0 aromatic heterocycles. The fourth-order valence-corrected chi connectivity index (χ4v) is 7.77. The van der Waals surface area contributed by atoms with Crippen LogP contribution < -0.4 is 0 Å². The van der Waals surface area contributed by atoms with Gasteiger partial charge in [0.1, 0.15) is 31.0 Å². The highest BCUT2D eigenvalue weighted by Gasteiger charge is 2.44. The Morgan fingerprint density at radius 1 is 0.492 bits per heavy atom. The van der Waals surface area contributed by atoms with E-state index in [1.165, 1.54) is 148 Å². The van der Waals surface area contributed by atoms with Crippen LogP contribution in [0.1, 0.15) is 232 Å². The maximum absolute atomic E-state index is 12.8. The minimum absolute atomic E-state index is 0.217. The molecule has 0 bridgehead atoms. The summed E-state index contributed by atoms with van der Waals surface area (Å²) in [7, 11) is 0. The first-order chi connectivity index (χ1) is 29.8. The second-order valence-corrected chi connectivity index (χ2v) is 17.6. The molecule has 2 unspecified atom stereocenters. The van der Waals surface area contributed by atoms with E-state index in [-0.39, 0.29) is 32.0 Å². The van der Waals surface area contributed by atoms with Gasteiger partial charge in [0.25, 0.3) is 0 Å². The molecular weight excluding hydrogens is 773 g/mol. The summed E-state index contributed by atoms with van der Waals surface area (Å²) in [5, 5.41) is 40.2. The monoisotopic (exact) mass is 867 g/mol. The van der Waals surface area contributed by atoms with Crippen LogP contribution in [0.25, 0.3) is 0 Å². The molecule has 358 valence electrons. The number of allylic oxidation sites excluding steroid dienone is 4. The third-order valence-corrected chi connectivity index (χ3v) is 11.8. The molecule has 0 spiro atoms. The van der Waals surface area contributed by atoms with Gasteiger partial charge in [0.05, 0.1) is 13.2 Å². The van der Waals surface area contributed by atoms with Crippen molar-refractivity contribution in [3.05, 3.63) is 24.3 Å². The molecule has 6 atom stereocenters. The Balaban J connectivity index is 2.25. The van der Waals surface area contributed by atoms with Crippen LogP contribution in [0.4, 0.5) is 0 Å². The molecule has 0 saturated carbocycles. The first-order valence-electron chi connectivity index (χ1n) is 25.4. The number of carbonyl (C=O) groups excluding carboxylic acids is 2. The van der Waals surface area contributed by atoms with E-state index < -0.39 is 49.4 Å². The minimum atomic E-state index is -1.59. The summed E-state index contributed by atoms with van der Waals surface area (Å²) in [6.07, 6.45) is 40.4. The molecule has 1 fully saturated rings. The number of esters is 2. The van der Waals surface area contributed by atoms with Gasteiger partial charge in [0.2, 0.25) is 0 Å². The summed E-state index contributed by atoms with van der Waals surface area (Å²) in [4.78, 5) is 25.4. The van der Waals surface area contributed by atoms with E-state index in [1.54, 1.807) is 0 Å². The van der Waals surface area contributed by atoms with Crippen molar-refractivity contribution in [1.29, 1.82) is 0 Å². The molecule has 0 amide bonds. The lowest BCUT2D eigenvalue weighted by Gasteiger charge is -2.39. The Morgan fingerprint density at radius 2 is 0.869 bits per heavy atom. The normalized spacial score (nSPS) is 19.9. The third kappa shape index (κ3) is 33.4. The molecule has 1 aliphatic heterocycles. The summed E-state index contributed by atoms with van der Waals surface area (Å²) in [6.45, 7) is 3.43.